The van der Waals surface area contributed by atoms with E-state index in [1.54, 1.807) is 0 Å². The van der Waals surface area contributed by atoms with E-state index >= 15 is 0 Å². The molecular formula is C12H17N3O. The first-order valence-electron chi connectivity index (χ1n) is 5.59. The molecule has 1 saturated heterocycles. The minimum Gasteiger partial charge on any atom is -0.296 e. The van der Waals surface area contributed by atoms with Crippen molar-refractivity contribution in [1.29, 1.82) is 0 Å². The number of carbonyl (C=O) groups is 1. The van der Waals surface area contributed by atoms with Crippen LogP contribution < -0.4 is 5.43 Å². The fourth-order valence-corrected chi connectivity index (χ4v) is 1.95. The van der Waals surface area contributed by atoms with Gasteiger partial charge in [0.05, 0.1) is 0 Å². The van der Waals surface area contributed by atoms with E-state index in [-0.39, 0.29) is 0 Å². The van der Waals surface area contributed by atoms with E-state index in [1.165, 1.54) is 5.56 Å². The molecule has 4 heteroatoms. The van der Waals surface area contributed by atoms with Crippen molar-refractivity contribution in [3.8, 4) is 0 Å². The molecule has 0 aliphatic carbocycles. The van der Waals surface area contributed by atoms with Crippen LogP contribution in [0.15, 0.2) is 30.3 Å². The van der Waals surface area contributed by atoms with Crippen LogP contribution in [0.5, 0.6) is 0 Å². The van der Waals surface area contributed by atoms with Crippen LogP contribution in [0, 0.1) is 0 Å². The molecule has 1 heterocycles. The van der Waals surface area contributed by atoms with Crippen LogP contribution in [0.2, 0.25) is 0 Å². The highest BCUT2D eigenvalue weighted by Crippen LogP contribution is 2.06. The maximum atomic E-state index is 10.3. The van der Waals surface area contributed by atoms with Crippen molar-refractivity contribution in [3.63, 3.8) is 0 Å². The van der Waals surface area contributed by atoms with Crippen LogP contribution in [-0.2, 0) is 11.3 Å². The number of hydrogen-bond acceptors (Lipinski definition) is 3. The maximum Gasteiger partial charge on any atom is 0.221 e. The van der Waals surface area contributed by atoms with Gasteiger partial charge in [-0.25, -0.2) is 5.01 Å². The highest BCUT2D eigenvalue weighted by molar-refractivity contribution is 5.44. The van der Waals surface area contributed by atoms with Gasteiger partial charge in [0.25, 0.3) is 0 Å². The Morgan fingerprint density at radius 2 is 1.81 bits per heavy atom. The normalized spacial score (nSPS) is 18.2. The standard InChI is InChI=1S/C12H17N3O/c16-11-13-15-8-6-14(7-9-15)10-12-4-2-1-3-5-12/h1-5,11H,6-10H2,(H,13,16). The lowest BCUT2D eigenvalue weighted by atomic mass is 10.2. The first-order valence-corrected chi connectivity index (χ1v) is 5.59. The van der Waals surface area contributed by atoms with Gasteiger partial charge in [-0.15, -0.1) is 0 Å². The van der Waals surface area contributed by atoms with E-state index in [9.17, 15) is 4.79 Å². The second-order valence-electron chi connectivity index (χ2n) is 4.00. The van der Waals surface area contributed by atoms with Crippen LogP contribution in [0.3, 0.4) is 0 Å². The van der Waals surface area contributed by atoms with E-state index in [4.69, 9.17) is 0 Å². The Balaban J connectivity index is 1.79. The Labute approximate surface area is 95.8 Å². The summed E-state index contributed by atoms with van der Waals surface area (Å²) in [6.45, 7) is 4.78. The van der Waals surface area contributed by atoms with Gasteiger partial charge in [0.15, 0.2) is 0 Å². The number of nitrogens with zero attached hydrogens (tertiary/aromatic N) is 2. The van der Waals surface area contributed by atoms with Gasteiger partial charge in [0, 0.05) is 32.7 Å². The summed E-state index contributed by atoms with van der Waals surface area (Å²) in [4.78, 5) is 12.7. The van der Waals surface area contributed by atoms with Crippen molar-refractivity contribution < 1.29 is 4.79 Å². The van der Waals surface area contributed by atoms with Crippen molar-refractivity contribution in [3.05, 3.63) is 35.9 Å². The quantitative estimate of drug-likeness (QED) is 0.748. The molecule has 1 fully saturated rings. The molecule has 16 heavy (non-hydrogen) atoms. The van der Waals surface area contributed by atoms with Gasteiger partial charge in [-0.3, -0.25) is 15.1 Å². The molecule has 0 aromatic heterocycles. The third-order valence-electron chi connectivity index (χ3n) is 2.86. The Bertz CT molecular complexity index is 320. The number of rotatable bonds is 4. The van der Waals surface area contributed by atoms with Crippen LogP contribution in [0.1, 0.15) is 5.56 Å². The molecule has 86 valence electrons. The summed E-state index contributed by atoms with van der Waals surface area (Å²) in [5.41, 5.74) is 4.04. The Morgan fingerprint density at radius 1 is 1.12 bits per heavy atom. The fraction of sp³-hybridized carbons (Fsp3) is 0.417. The molecule has 0 saturated carbocycles. The summed E-state index contributed by atoms with van der Waals surface area (Å²) in [6.07, 6.45) is 0.743. The number of nitrogens with one attached hydrogen (secondary N) is 1. The Kier molecular flexibility index (Phi) is 3.91. The third-order valence-corrected chi connectivity index (χ3v) is 2.86. The lowest BCUT2D eigenvalue weighted by molar-refractivity contribution is -0.114. The average Bonchev–Trinajstić information content (AvgIpc) is 2.33. The van der Waals surface area contributed by atoms with E-state index in [0.29, 0.717) is 0 Å². The first kappa shape index (κ1) is 11.1. The number of hydrazine groups is 1. The monoisotopic (exact) mass is 219 g/mol. The molecule has 1 aromatic rings. The molecule has 4 nitrogen and oxygen atoms in total. The summed E-state index contributed by atoms with van der Waals surface area (Å²) in [5.74, 6) is 0. The first-order chi connectivity index (χ1) is 7.88. The predicted octanol–water partition coefficient (Wildman–Crippen LogP) is 0.465. The fourth-order valence-electron chi connectivity index (χ4n) is 1.95. The Morgan fingerprint density at radius 3 is 2.44 bits per heavy atom. The summed E-state index contributed by atoms with van der Waals surface area (Å²) >= 11 is 0. The van der Waals surface area contributed by atoms with Gasteiger partial charge < -0.3 is 0 Å². The van der Waals surface area contributed by atoms with Gasteiger partial charge in [-0.2, -0.15) is 0 Å². The topological polar surface area (TPSA) is 35.6 Å². The summed E-state index contributed by atoms with van der Waals surface area (Å²) in [6, 6.07) is 10.5. The summed E-state index contributed by atoms with van der Waals surface area (Å²) in [7, 11) is 0. The second-order valence-corrected chi connectivity index (χ2v) is 4.00. The highest BCUT2D eigenvalue weighted by atomic mass is 16.1. The van der Waals surface area contributed by atoms with E-state index in [2.05, 4.69) is 34.6 Å². The Hall–Kier alpha value is -1.39. The molecule has 1 N–H and O–H groups in total. The number of benzene rings is 1. The van der Waals surface area contributed by atoms with E-state index < -0.39 is 0 Å². The van der Waals surface area contributed by atoms with Crippen LogP contribution in [0.25, 0.3) is 0 Å². The van der Waals surface area contributed by atoms with Crippen molar-refractivity contribution in [2.24, 2.45) is 0 Å². The van der Waals surface area contributed by atoms with Crippen molar-refractivity contribution in [1.82, 2.24) is 15.3 Å². The second kappa shape index (κ2) is 5.63. The number of piperazine rings is 1. The van der Waals surface area contributed by atoms with Gasteiger partial charge in [-0.1, -0.05) is 30.3 Å². The average molecular weight is 219 g/mol. The lowest BCUT2D eigenvalue weighted by Gasteiger charge is -2.33. The summed E-state index contributed by atoms with van der Waals surface area (Å²) in [5, 5.41) is 1.95. The molecule has 0 unspecified atom stereocenters. The van der Waals surface area contributed by atoms with Crippen molar-refractivity contribution in [2.75, 3.05) is 26.2 Å². The molecule has 1 aliphatic rings. The highest BCUT2D eigenvalue weighted by Gasteiger charge is 2.15. The molecular weight excluding hydrogens is 202 g/mol. The minimum absolute atomic E-state index is 0.743. The van der Waals surface area contributed by atoms with Crippen LogP contribution in [0.4, 0.5) is 0 Å². The zero-order valence-electron chi connectivity index (χ0n) is 9.30. The van der Waals surface area contributed by atoms with Gasteiger partial charge >= 0.3 is 0 Å². The third kappa shape index (κ3) is 3.05. The van der Waals surface area contributed by atoms with E-state index in [0.717, 1.165) is 39.1 Å². The molecule has 0 radical (unpaired) electrons. The van der Waals surface area contributed by atoms with Gasteiger partial charge in [-0.05, 0) is 5.56 Å². The molecule has 0 bridgehead atoms. The number of hydrogen-bond donors (Lipinski definition) is 1. The molecule has 1 aromatic carbocycles. The van der Waals surface area contributed by atoms with Crippen molar-refractivity contribution in [2.45, 2.75) is 6.54 Å². The SMILES string of the molecule is O=CNN1CCN(Cc2ccccc2)CC1. The smallest absolute Gasteiger partial charge is 0.221 e. The maximum absolute atomic E-state index is 10.3. The number of amides is 1. The number of carbonyl (C=O) groups excluding carboxylic acids is 1. The van der Waals surface area contributed by atoms with Gasteiger partial charge in [0.2, 0.25) is 6.41 Å². The van der Waals surface area contributed by atoms with Crippen molar-refractivity contribution >= 4 is 6.41 Å². The van der Waals surface area contributed by atoms with E-state index in [1.807, 2.05) is 11.1 Å². The zero-order valence-corrected chi connectivity index (χ0v) is 9.30. The van der Waals surface area contributed by atoms with Crippen LogP contribution in [-0.4, -0.2) is 42.5 Å². The molecule has 2 rings (SSSR count). The molecule has 0 atom stereocenters. The lowest BCUT2D eigenvalue weighted by Crippen LogP contribution is -2.51. The van der Waals surface area contributed by atoms with Crippen LogP contribution >= 0.6 is 0 Å². The largest absolute Gasteiger partial charge is 0.296 e. The summed E-state index contributed by atoms with van der Waals surface area (Å²) < 4.78 is 0. The molecule has 1 amide bonds. The predicted molar refractivity (Wildman–Crippen MR) is 62.5 cm³/mol. The van der Waals surface area contributed by atoms with Gasteiger partial charge in [0.1, 0.15) is 0 Å². The zero-order chi connectivity index (χ0) is 11.2. The molecule has 1 aliphatic heterocycles. The molecule has 0 spiro atoms. The minimum atomic E-state index is 0.743.